The van der Waals surface area contributed by atoms with Gasteiger partial charge in [-0.2, -0.15) is 0 Å². The van der Waals surface area contributed by atoms with Crippen LogP contribution >= 0.6 is 35.6 Å². The predicted molar refractivity (Wildman–Crippen MR) is 98.3 cm³/mol. The van der Waals surface area contributed by atoms with E-state index in [-0.39, 0.29) is 5.91 Å². The van der Waals surface area contributed by atoms with Crippen LogP contribution < -0.4 is 4.90 Å². The van der Waals surface area contributed by atoms with Gasteiger partial charge in [0.05, 0.1) is 10.6 Å². The minimum absolute atomic E-state index is 0.111. The van der Waals surface area contributed by atoms with Crippen molar-refractivity contribution in [2.24, 2.45) is 0 Å². The van der Waals surface area contributed by atoms with Crippen LogP contribution in [0.1, 0.15) is 11.1 Å². The fourth-order valence-electron chi connectivity index (χ4n) is 2.19. The number of carbonyl (C=O) groups excluding carboxylic acids is 1. The summed E-state index contributed by atoms with van der Waals surface area (Å²) in [4.78, 5) is 14.8. The molecule has 2 nitrogen and oxygen atoms in total. The second kappa shape index (κ2) is 6.24. The predicted octanol–water partition coefficient (Wildman–Crippen LogP) is 5.05. The van der Waals surface area contributed by atoms with Gasteiger partial charge in [-0.25, -0.2) is 0 Å². The highest BCUT2D eigenvalue weighted by Gasteiger charge is 2.33. The van der Waals surface area contributed by atoms with E-state index in [1.54, 1.807) is 17.0 Å². The third-order valence-electron chi connectivity index (χ3n) is 3.25. The number of halogens is 1. The lowest BCUT2D eigenvalue weighted by Gasteiger charge is -2.14. The molecule has 0 aliphatic carbocycles. The normalized spacial score (nSPS) is 16.6. The third-order valence-corrected chi connectivity index (χ3v) is 4.89. The van der Waals surface area contributed by atoms with Crippen LogP contribution in [0.15, 0.2) is 53.4 Å². The van der Waals surface area contributed by atoms with Crippen LogP contribution in [0.2, 0.25) is 5.02 Å². The molecule has 110 valence electrons. The summed E-state index contributed by atoms with van der Waals surface area (Å²) in [5, 5.41) is 0.614. The van der Waals surface area contributed by atoms with Gasteiger partial charge in [0.1, 0.15) is 0 Å². The molecule has 1 heterocycles. The highest BCUT2D eigenvalue weighted by Crippen LogP contribution is 2.36. The first-order chi connectivity index (χ1) is 10.6. The Morgan fingerprint density at radius 3 is 2.68 bits per heavy atom. The Bertz CT molecular complexity index is 801. The molecule has 22 heavy (non-hydrogen) atoms. The van der Waals surface area contributed by atoms with Gasteiger partial charge in [0.2, 0.25) is 0 Å². The molecular formula is C17H12ClNOS2. The number of anilines is 1. The topological polar surface area (TPSA) is 20.3 Å². The van der Waals surface area contributed by atoms with Crippen LogP contribution in [0, 0.1) is 6.92 Å². The van der Waals surface area contributed by atoms with Crippen molar-refractivity contribution in [2.75, 3.05) is 4.90 Å². The largest absolute Gasteiger partial charge is 0.270 e. The van der Waals surface area contributed by atoms with Crippen molar-refractivity contribution < 1.29 is 4.79 Å². The number of thioether (sulfide) groups is 1. The minimum Gasteiger partial charge on any atom is -0.268 e. The van der Waals surface area contributed by atoms with E-state index >= 15 is 0 Å². The highest BCUT2D eigenvalue weighted by atomic mass is 35.5. The zero-order chi connectivity index (χ0) is 15.7. The summed E-state index contributed by atoms with van der Waals surface area (Å²) in [5.41, 5.74) is 2.70. The molecule has 2 aromatic rings. The van der Waals surface area contributed by atoms with Crippen molar-refractivity contribution in [2.45, 2.75) is 6.92 Å². The van der Waals surface area contributed by atoms with Crippen LogP contribution in [0.3, 0.4) is 0 Å². The zero-order valence-corrected chi connectivity index (χ0v) is 14.1. The Morgan fingerprint density at radius 1 is 1.18 bits per heavy atom. The van der Waals surface area contributed by atoms with Crippen LogP contribution in [0.25, 0.3) is 6.08 Å². The van der Waals surface area contributed by atoms with E-state index < -0.39 is 0 Å². The summed E-state index contributed by atoms with van der Waals surface area (Å²) in [6.45, 7) is 1.99. The summed E-state index contributed by atoms with van der Waals surface area (Å²) in [6, 6.07) is 15.2. The van der Waals surface area contributed by atoms with Crippen LogP contribution in [0.4, 0.5) is 5.69 Å². The molecule has 0 N–H and O–H groups in total. The number of benzene rings is 2. The average Bonchev–Trinajstić information content (AvgIpc) is 2.76. The molecule has 0 unspecified atom stereocenters. The molecule has 3 rings (SSSR count). The lowest BCUT2D eigenvalue weighted by atomic mass is 10.2. The molecule has 0 radical (unpaired) electrons. The van der Waals surface area contributed by atoms with Gasteiger partial charge in [-0.15, -0.1) is 0 Å². The first-order valence-corrected chi connectivity index (χ1v) is 8.26. The van der Waals surface area contributed by atoms with E-state index in [1.165, 1.54) is 11.8 Å². The van der Waals surface area contributed by atoms with Gasteiger partial charge in [0.25, 0.3) is 5.91 Å². The third kappa shape index (κ3) is 2.95. The Labute approximate surface area is 143 Å². The Balaban J connectivity index is 1.97. The van der Waals surface area contributed by atoms with Gasteiger partial charge in [0.15, 0.2) is 4.32 Å². The highest BCUT2D eigenvalue weighted by molar-refractivity contribution is 8.27. The first kappa shape index (κ1) is 15.3. The van der Waals surface area contributed by atoms with Gasteiger partial charge in [0, 0.05) is 5.02 Å². The molecular weight excluding hydrogens is 334 g/mol. The van der Waals surface area contributed by atoms with Crippen LogP contribution in [-0.2, 0) is 4.79 Å². The number of thiocarbonyl (C=S) groups is 1. The SMILES string of the molecule is Cc1cccc(N2C(=O)/C(=C\c3ccccc3Cl)SC2=S)c1. The van der Waals surface area contributed by atoms with Crippen molar-refractivity contribution >= 4 is 57.6 Å². The quantitative estimate of drug-likeness (QED) is 0.561. The van der Waals surface area contributed by atoms with Gasteiger partial charge >= 0.3 is 0 Å². The van der Waals surface area contributed by atoms with Crippen molar-refractivity contribution in [1.29, 1.82) is 0 Å². The molecule has 0 bridgehead atoms. The average molecular weight is 346 g/mol. The lowest BCUT2D eigenvalue weighted by Crippen LogP contribution is -2.27. The summed E-state index contributed by atoms with van der Waals surface area (Å²) in [6.07, 6.45) is 1.79. The van der Waals surface area contributed by atoms with Crippen LogP contribution in [-0.4, -0.2) is 10.2 Å². The minimum atomic E-state index is -0.111. The monoisotopic (exact) mass is 345 g/mol. The summed E-state index contributed by atoms with van der Waals surface area (Å²) in [7, 11) is 0. The molecule has 1 amide bonds. The standard InChI is InChI=1S/C17H12ClNOS2/c1-11-5-4-7-13(9-11)19-16(20)15(22-17(19)21)10-12-6-2-3-8-14(12)18/h2-10H,1H3/b15-10+. The number of carbonyl (C=O) groups is 1. The fraction of sp³-hybridized carbons (Fsp3) is 0.0588. The number of aryl methyl sites for hydroxylation is 1. The van der Waals surface area contributed by atoms with Crippen molar-refractivity contribution in [3.05, 3.63) is 69.6 Å². The number of hydrogen-bond acceptors (Lipinski definition) is 3. The molecule has 0 atom stereocenters. The molecule has 5 heteroatoms. The van der Waals surface area contributed by atoms with E-state index in [9.17, 15) is 4.79 Å². The second-order valence-corrected chi connectivity index (χ2v) is 6.96. The summed E-state index contributed by atoms with van der Waals surface area (Å²) >= 11 is 12.8. The number of rotatable bonds is 2. The maximum Gasteiger partial charge on any atom is 0.270 e. The van der Waals surface area contributed by atoms with Crippen molar-refractivity contribution in [3.63, 3.8) is 0 Å². The van der Waals surface area contributed by atoms with Crippen molar-refractivity contribution in [1.82, 2.24) is 0 Å². The van der Waals surface area contributed by atoms with Crippen LogP contribution in [0.5, 0.6) is 0 Å². The fourth-order valence-corrected chi connectivity index (χ4v) is 3.67. The number of hydrogen-bond donors (Lipinski definition) is 0. The van der Waals surface area contributed by atoms with Gasteiger partial charge in [-0.3, -0.25) is 9.69 Å². The molecule has 1 aliphatic heterocycles. The second-order valence-electron chi connectivity index (χ2n) is 4.88. The maximum absolute atomic E-state index is 12.6. The Hall–Kier alpha value is -1.62. The molecule has 1 aliphatic rings. The van der Waals surface area contributed by atoms with Crippen molar-refractivity contribution in [3.8, 4) is 0 Å². The van der Waals surface area contributed by atoms with E-state index in [0.717, 1.165) is 16.8 Å². The van der Waals surface area contributed by atoms with Gasteiger partial charge < -0.3 is 0 Å². The zero-order valence-electron chi connectivity index (χ0n) is 11.7. The van der Waals surface area contributed by atoms with E-state index in [4.69, 9.17) is 23.8 Å². The van der Waals surface area contributed by atoms with Gasteiger partial charge in [-0.05, 0) is 42.3 Å². The number of nitrogens with zero attached hydrogens (tertiary/aromatic N) is 1. The Morgan fingerprint density at radius 2 is 1.95 bits per heavy atom. The molecule has 0 saturated carbocycles. The van der Waals surface area contributed by atoms with E-state index in [1.807, 2.05) is 49.4 Å². The molecule has 0 spiro atoms. The van der Waals surface area contributed by atoms with Gasteiger partial charge in [-0.1, -0.05) is 65.9 Å². The molecule has 1 saturated heterocycles. The molecule has 2 aromatic carbocycles. The molecule has 1 fully saturated rings. The summed E-state index contributed by atoms with van der Waals surface area (Å²) < 4.78 is 0.536. The maximum atomic E-state index is 12.6. The smallest absolute Gasteiger partial charge is 0.268 e. The van der Waals surface area contributed by atoms with E-state index in [0.29, 0.717) is 14.2 Å². The molecule has 0 aromatic heterocycles. The summed E-state index contributed by atoms with van der Waals surface area (Å²) in [5.74, 6) is -0.111. The Kier molecular flexibility index (Phi) is 4.34. The first-order valence-electron chi connectivity index (χ1n) is 6.65. The lowest BCUT2D eigenvalue weighted by molar-refractivity contribution is -0.113. The number of amides is 1. The van der Waals surface area contributed by atoms with E-state index in [2.05, 4.69) is 0 Å².